The van der Waals surface area contributed by atoms with Crippen molar-refractivity contribution in [1.82, 2.24) is 4.98 Å². The van der Waals surface area contributed by atoms with Crippen LogP contribution in [0, 0.1) is 13.8 Å². The van der Waals surface area contributed by atoms with E-state index < -0.39 is 5.97 Å². The van der Waals surface area contributed by atoms with Crippen molar-refractivity contribution < 1.29 is 14.7 Å². The molecule has 0 amide bonds. The molecule has 1 N–H and O–H groups in total. The second kappa shape index (κ2) is 9.11. The highest BCUT2D eigenvalue weighted by atomic mass is 16.4. The highest BCUT2D eigenvalue weighted by Gasteiger charge is 2.21. The fourth-order valence-corrected chi connectivity index (χ4v) is 3.41. The standard InChI is InChI=1S/C25H23NO3/c1-17-5-3-4-6-22(17)23(16-24(27)21-13-14-26-18(2)15-21)20-10-7-19(8-11-20)9-12-25(28)29/h3-15,23H,16H2,1-2H3,(H,28,29). The summed E-state index contributed by atoms with van der Waals surface area (Å²) in [7, 11) is 0. The van der Waals surface area contributed by atoms with Gasteiger partial charge in [-0.3, -0.25) is 9.78 Å². The Morgan fingerprint density at radius 2 is 1.76 bits per heavy atom. The van der Waals surface area contributed by atoms with Gasteiger partial charge in [0.1, 0.15) is 0 Å². The van der Waals surface area contributed by atoms with E-state index in [9.17, 15) is 9.59 Å². The minimum absolute atomic E-state index is 0.0682. The lowest BCUT2D eigenvalue weighted by Gasteiger charge is -2.20. The summed E-state index contributed by atoms with van der Waals surface area (Å²) in [6, 6.07) is 19.3. The number of carbonyl (C=O) groups is 2. The van der Waals surface area contributed by atoms with Crippen LogP contribution in [0.25, 0.3) is 6.08 Å². The summed E-state index contributed by atoms with van der Waals surface area (Å²) in [5.74, 6) is -1.00. The Kier molecular flexibility index (Phi) is 6.35. The first-order chi connectivity index (χ1) is 13.9. The molecule has 0 fully saturated rings. The van der Waals surface area contributed by atoms with Crippen LogP contribution < -0.4 is 0 Å². The number of ketones is 1. The zero-order valence-corrected chi connectivity index (χ0v) is 16.5. The molecule has 2 aromatic carbocycles. The maximum atomic E-state index is 13.0. The smallest absolute Gasteiger partial charge is 0.328 e. The molecule has 3 rings (SSSR count). The highest BCUT2D eigenvalue weighted by molar-refractivity contribution is 5.96. The number of hydrogen-bond donors (Lipinski definition) is 1. The number of carbonyl (C=O) groups excluding carboxylic acids is 1. The number of aromatic nitrogens is 1. The molecule has 0 aliphatic carbocycles. The van der Waals surface area contributed by atoms with Gasteiger partial charge < -0.3 is 5.11 Å². The van der Waals surface area contributed by atoms with Crippen molar-refractivity contribution in [3.8, 4) is 0 Å². The van der Waals surface area contributed by atoms with E-state index in [1.165, 1.54) is 0 Å². The third-order valence-electron chi connectivity index (χ3n) is 4.93. The first-order valence-corrected chi connectivity index (χ1v) is 9.46. The largest absolute Gasteiger partial charge is 0.478 e. The second-order valence-electron chi connectivity index (χ2n) is 7.06. The molecule has 4 nitrogen and oxygen atoms in total. The average Bonchev–Trinajstić information content (AvgIpc) is 2.71. The number of benzene rings is 2. The van der Waals surface area contributed by atoms with Gasteiger partial charge in [0.25, 0.3) is 0 Å². The van der Waals surface area contributed by atoms with Crippen LogP contribution in [0.4, 0.5) is 0 Å². The number of carboxylic acid groups (broad SMARTS) is 1. The molecule has 0 aliphatic heterocycles. The van der Waals surface area contributed by atoms with Crippen molar-refractivity contribution in [3.63, 3.8) is 0 Å². The Morgan fingerprint density at radius 3 is 2.41 bits per heavy atom. The molecule has 0 aliphatic rings. The van der Waals surface area contributed by atoms with Gasteiger partial charge in [-0.05, 0) is 54.3 Å². The van der Waals surface area contributed by atoms with Gasteiger partial charge in [-0.1, -0.05) is 48.5 Å². The quantitative estimate of drug-likeness (QED) is 0.448. The summed E-state index contributed by atoms with van der Waals surface area (Å²) in [5, 5.41) is 8.79. The van der Waals surface area contributed by atoms with E-state index in [2.05, 4.69) is 11.1 Å². The Morgan fingerprint density at radius 1 is 1.03 bits per heavy atom. The Hall–Kier alpha value is -3.53. The third kappa shape index (κ3) is 5.26. The molecule has 1 aromatic heterocycles. The summed E-state index contributed by atoms with van der Waals surface area (Å²) in [6.07, 6.45) is 4.68. The molecule has 0 bridgehead atoms. The monoisotopic (exact) mass is 385 g/mol. The molecule has 1 unspecified atom stereocenters. The van der Waals surface area contributed by atoms with Crippen molar-refractivity contribution in [2.24, 2.45) is 0 Å². The van der Waals surface area contributed by atoms with E-state index in [0.717, 1.165) is 34.0 Å². The number of aryl methyl sites for hydroxylation is 2. The summed E-state index contributed by atoms with van der Waals surface area (Å²) in [5.41, 5.74) is 5.54. The van der Waals surface area contributed by atoms with Crippen molar-refractivity contribution >= 4 is 17.8 Å². The third-order valence-corrected chi connectivity index (χ3v) is 4.93. The van der Waals surface area contributed by atoms with Crippen LogP contribution in [0.2, 0.25) is 0 Å². The maximum Gasteiger partial charge on any atom is 0.328 e. The molecule has 0 spiro atoms. The van der Waals surface area contributed by atoms with Crippen LogP contribution in [0.15, 0.2) is 72.9 Å². The maximum absolute atomic E-state index is 13.0. The van der Waals surface area contributed by atoms with Crippen LogP contribution >= 0.6 is 0 Å². The zero-order valence-electron chi connectivity index (χ0n) is 16.5. The summed E-state index contributed by atoms with van der Waals surface area (Å²) in [6.45, 7) is 3.92. The SMILES string of the molecule is Cc1cc(C(=O)CC(c2ccc(C=CC(=O)O)cc2)c2ccccc2C)ccn1. The number of hydrogen-bond acceptors (Lipinski definition) is 3. The predicted molar refractivity (Wildman–Crippen MR) is 114 cm³/mol. The van der Waals surface area contributed by atoms with Gasteiger partial charge in [0.05, 0.1) is 0 Å². The molecular formula is C25H23NO3. The van der Waals surface area contributed by atoms with Crippen molar-refractivity contribution in [2.75, 3.05) is 0 Å². The summed E-state index contributed by atoms with van der Waals surface area (Å²) < 4.78 is 0. The van der Waals surface area contributed by atoms with Crippen LogP contribution in [0.1, 0.15) is 50.6 Å². The van der Waals surface area contributed by atoms with Crippen LogP contribution in [0.5, 0.6) is 0 Å². The fourth-order valence-electron chi connectivity index (χ4n) is 3.41. The van der Waals surface area contributed by atoms with Gasteiger partial charge in [-0.25, -0.2) is 4.79 Å². The highest BCUT2D eigenvalue weighted by Crippen LogP contribution is 2.32. The van der Waals surface area contributed by atoms with E-state index in [-0.39, 0.29) is 11.7 Å². The molecule has 0 saturated carbocycles. The minimum atomic E-state index is -0.981. The fraction of sp³-hybridized carbons (Fsp3) is 0.160. The summed E-state index contributed by atoms with van der Waals surface area (Å²) in [4.78, 5) is 27.9. The molecule has 1 atom stereocenters. The van der Waals surface area contributed by atoms with Gasteiger partial charge in [0.2, 0.25) is 0 Å². The van der Waals surface area contributed by atoms with E-state index in [4.69, 9.17) is 5.11 Å². The number of Topliss-reactive ketones (excluding diaryl/α,β-unsaturated/α-hetero) is 1. The molecule has 0 radical (unpaired) electrons. The van der Waals surface area contributed by atoms with Gasteiger partial charge in [0.15, 0.2) is 5.78 Å². The molecular weight excluding hydrogens is 362 g/mol. The van der Waals surface area contributed by atoms with Crippen molar-refractivity contribution in [2.45, 2.75) is 26.2 Å². The average molecular weight is 385 g/mol. The zero-order chi connectivity index (χ0) is 20.8. The Labute approximate surface area is 170 Å². The number of carboxylic acids is 1. The lowest BCUT2D eigenvalue weighted by atomic mass is 9.83. The van der Waals surface area contributed by atoms with Crippen molar-refractivity contribution in [1.29, 1.82) is 0 Å². The number of nitrogens with zero attached hydrogens (tertiary/aromatic N) is 1. The van der Waals surface area contributed by atoms with Gasteiger partial charge in [0, 0.05) is 35.9 Å². The normalized spacial score (nSPS) is 12.1. The van der Waals surface area contributed by atoms with Crippen molar-refractivity contribution in [3.05, 3.63) is 106 Å². The summed E-state index contributed by atoms with van der Waals surface area (Å²) >= 11 is 0. The molecule has 1 heterocycles. The second-order valence-corrected chi connectivity index (χ2v) is 7.06. The van der Waals surface area contributed by atoms with Gasteiger partial charge in [-0.15, -0.1) is 0 Å². The Bertz CT molecular complexity index is 1050. The minimum Gasteiger partial charge on any atom is -0.478 e. The Balaban J connectivity index is 1.95. The lowest BCUT2D eigenvalue weighted by molar-refractivity contribution is -0.131. The number of aliphatic carboxylic acids is 1. The van der Waals surface area contributed by atoms with E-state index in [1.54, 1.807) is 18.3 Å². The molecule has 3 aromatic rings. The van der Waals surface area contributed by atoms with Crippen LogP contribution in [0.3, 0.4) is 0 Å². The molecule has 4 heteroatoms. The molecule has 146 valence electrons. The topological polar surface area (TPSA) is 67.3 Å². The number of pyridine rings is 1. The van der Waals surface area contributed by atoms with Gasteiger partial charge >= 0.3 is 5.97 Å². The van der Waals surface area contributed by atoms with Gasteiger partial charge in [-0.2, -0.15) is 0 Å². The van der Waals surface area contributed by atoms with Crippen LogP contribution in [-0.2, 0) is 4.79 Å². The molecule has 0 saturated heterocycles. The first kappa shape index (κ1) is 20.2. The van der Waals surface area contributed by atoms with E-state index >= 15 is 0 Å². The first-order valence-electron chi connectivity index (χ1n) is 9.46. The predicted octanol–water partition coefficient (Wildman–Crippen LogP) is 5.20. The lowest BCUT2D eigenvalue weighted by Crippen LogP contribution is -2.11. The number of rotatable bonds is 7. The van der Waals surface area contributed by atoms with E-state index in [0.29, 0.717) is 12.0 Å². The molecule has 29 heavy (non-hydrogen) atoms. The van der Waals surface area contributed by atoms with E-state index in [1.807, 2.05) is 62.4 Å². The van der Waals surface area contributed by atoms with Crippen LogP contribution in [-0.4, -0.2) is 21.8 Å².